The fraction of sp³-hybridized carbons (Fsp3) is 0.0357. The Morgan fingerprint density at radius 2 is 0.839 bits per heavy atom. The van der Waals surface area contributed by atoms with Crippen molar-refractivity contribution < 1.29 is 4.79 Å². The molecule has 0 fully saturated rings. The zero-order chi connectivity index (χ0) is 21.2. The summed E-state index contributed by atoms with van der Waals surface area (Å²) in [6.45, 7) is -4.21. The first kappa shape index (κ1) is 20.1. The van der Waals surface area contributed by atoms with Gasteiger partial charge in [-0.25, -0.2) is 0 Å². The molecule has 152 valence electrons. The van der Waals surface area contributed by atoms with E-state index in [2.05, 4.69) is 121 Å². The lowest BCUT2D eigenvalue weighted by molar-refractivity contribution is -0.110. The second-order valence-corrected chi connectivity index (χ2v) is 14.7. The summed E-state index contributed by atoms with van der Waals surface area (Å²) in [5.74, 6) is 2.31. The van der Waals surface area contributed by atoms with E-state index in [4.69, 9.17) is 0 Å². The molecule has 1 nitrogen and oxygen atoms in total. The van der Waals surface area contributed by atoms with Crippen LogP contribution in [0.1, 0.15) is 0 Å². The van der Waals surface area contributed by atoms with E-state index >= 15 is 0 Å². The largest absolute Gasteiger partial charge is 0.294 e. The minimum absolute atomic E-state index is 0.254. The minimum Gasteiger partial charge on any atom is -0.294 e. The second kappa shape index (κ2) is 8.35. The van der Waals surface area contributed by atoms with Gasteiger partial charge < -0.3 is 0 Å². The van der Waals surface area contributed by atoms with Crippen LogP contribution in [0.5, 0.6) is 0 Å². The van der Waals surface area contributed by atoms with E-state index in [1.54, 1.807) is 0 Å². The maximum absolute atomic E-state index is 13.6. The lowest BCUT2D eigenvalue weighted by Crippen LogP contribution is -2.32. The third-order valence-corrected chi connectivity index (χ3v) is 15.2. The Morgan fingerprint density at radius 3 is 1.23 bits per heavy atom. The SMILES string of the molecule is O=C1C=P(c2ccccc2)(c2ccccc2)C=P(c2ccccc2)(c2ccccc2)C1. The van der Waals surface area contributed by atoms with Gasteiger partial charge in [-0.2, -0.15) is 0 Å². The number of hydrogen-bond donors (Lipinski definition) is 0. The molecule has 1 aliphatic rings. The van der Waals surface area contributed by atoms with E-state index in [1.165, 1.54) is 21.2 Å². The lowest BCUT2D eigenvalue weighted by atomic mass is 10.4. The molecule has 1 aliphatic heterocycles. The van der Waals surface area contributed by atoms with E-state index < -0.39 is 13.8 Å². The summed E-state index contributed by atoms with van der Waals surface area (Å²) in [6.07, 6.45) is 0.558. The highest BCUT2D eigenvalue weighted by Crippen LogP contribution is 2.57. The summed E-state index contributed by atoms with van der Waals surface area (Å²) in [6, 6.07) is 42.6. The van der Waals surface area contributed by atoms with E-state index in [-0.39, 0.29) is 5.78 Å². The Bertz CT molecular complexity index is 1220. The summed E-state index contributed by atoms with van der Waals surface area (Å²) >= 11 is 0. The average molecular weight is 438 g/mol. The molecule has 0 aromatic heterocycles. The number of hydrogen-bond acceptors (Lipinski definition) is 1. The van der Waals surface area contributed by atoms with Crippen molar-refractivity contribution in [3.63, 3.8) is 0 Å². The van der Waals surface area contributed by atoms with Crippen molar-refractivity contribution in [1.29, 1.82) is 0 Å². The van der Waals surface area contributed by atoms with Gasteiger partial charge in [0.2, 0.25) is 0 Å². The zero-order valence-corrected chi connectivity index (χ0v) is 19.0. The third kappa shape index (κ3) is 3.59. The molecule has 0 spiro atoms. The van der Waals surface area contributed by atoms with Crippen LogP contribution in [0.4, 0.5) is 0 Å². The Labute approximate surface area is 184 Å². The molecule has 0 bridgehead atoms. The van der Waals surface area contributed by atoms with Gasteiger partial charge in [0, 0.05) is 6.16 Å². The number of rotatable bonds is 4. The van der Waals surface area contributed by atoms with Crippen LogP contribution >= 0.6 is 13.8 Å². The monoisotopic (exact) mass is 438 g/mol. The van der Waals surface area contributed by atoms with E-state index in [0.717, 1.165) is 0 Å². The predicted octanol–water partition coefficient (Wildman–Crippen LogP) is 4.47. The number of Topliss-reactive ketones (excluding diaryl/α,β-unsaturated/α-hetero) is 1. The van der Waals surface area contributed by atoms with Crippen LogP contribution in [-0.2, 0) is 4.79 Å². The van der Waals surface area contributed by atoms with Gasteiger partial charge in [0.1, 0.15) is 0 Å². The zero-order valence-electron chi connectivity index (χ0n) is 17.2. The number of benzene rings is 4. The molecular formula is C28H24OP2. The fourth-order valence-corrected chi connectivity index (χ4v) is 15.0. The number of ketones is 1. The maximum Gasteiger partial charge on any atom is 0.161 e. The molecule has 4 aromatic carbocycles. The van der Waals surface area contributed by atoms with Crippen LogP contribution in [-0.4, -0.2) is 23.3 Å². The fourth-order valence-electron chi connectivity index (χ4n) is 4.53. The third-order valence-electron chi connectivity index (χ3n) is 5.93. The maximum atomic E-state index is 13.6. The normalized spacial score (nSPS) is 16.7. The molecule has 0 amide bonds. The topological polar surface area (TPSA) is 17.1 Å². The van der Waals surface area contributed by atoms with Crippen LogP contribution in [0, 0.1) is 0 Å². The summed E-state index contributed by atoms with van der Waals surface area (Å²) in [5.41, 5.74) is 2.62. The van der Waals surface area contributed by atoms with Crippen LogP contribution in [0.15, 0.2) is 121 Å². The number of carbonyl (C=O) groups is 1. The molecule has 0 aliphatic carbocycles. The Hall–Kier alpha value is -2.85. The van der Waals surface area contributed by atoms with Gasteiger partial charge in [-0.05, 0) is 46.3 Å². The number of carbonyl (C=O) groups excluding carboxylic acids is 1. The molecule has 4 aromatic rings. The van der Waals surface area contributed by atoms with Crippen molar-refractivity contribution in [2.24, 2.45) is 0 Å². The average Bonchev–Trinajstić information content (AvgIpc) is 2.86. The lowest BCUT2D eigenvalue weighted by Gasteiger charge is -2.36. The van der Waals surface area contributed by atoms with Gasteiger partial charge >= 0.3 is 0 Å². The quantitative estimate of drug-likeness (QED) is 0.430. The van der Waals surface area contributed by atoms with Gasteiger partial charge in [0.05, 0.1) is 0 Å². The summed E-state index contributed by atoms with van der Waals surface area (Å²) in [4.78, 5) is 13.6. The summed E-state index contributed by atoms with van der Waals surface area (Å²) in [7, 11) is 0. The molecule has 3 heteroatoms. The molecule has 0 saturated carbocycles. The van der Waals surface area contributed by atoms with Crippen LogP contribution < -0.4 is 21.2 Å². The standard InChI is InChI=1S/C28H24OP2/c29-24-21-30(25-13-5-1-6-14-25,26-15-7-2-8-16-26)23-31(22-24,27-17-9-3-10-18-27)28-19-11-4-12-20-28/h1-21,23H,22H2. The molecule has 1 heterocycles. The van der Waals surface area contributed by atoms with Crippen molar-refractivity contribution >= 4 is 52.1 Å². The molecule has 0 radical (unpaired) electrons. The highest BCUT2D eigenvalue weighted by atomic mass is 31.2. The summed E-state index contributed by atoms with van der Waals surface area (Å²) in [5, 5.41) is 5.04. The van der Waals surface area contributed by atoms with E-state index in [1.807, 2.05) is 12.1 Å². The van der Waals surface area contributed by atoms with Crippen molar-refractivity contribution in [1.82, 2.24) is 0 Å². The first-order chi connectivity index (χ1) is 15.2. The van der Waals surface area contributed by atoms with Crippen molar-refractivity contribution in [3.05, 3.63) is 121 Å². The van der Waals surface area contributed by atoms with Crippen molar-refractivity contribution in [3.8, 4) is 0 Å². The molecule has 31 heavy (non-hydrogen) atoms. The second-order valence-electron chi connectivity index (χ2n) is 7.86. The smallest absolute Gasteiger partial charge is 0.161 e. The van der Waals surface area contributed by atoms with Gasteiger partial charge in [-0.15, -0.1) is 0 Å². The molecule has 0 saturated heterocycles. The molecule has 5 rings (SSSR count). The summed E-state index contributed by atoms with van der Waals surface area (Å²) < 4.78 is 0. The molecule has 0 unspecified atom stereocenters. The van der Waals surface area contributed by atoms with E-state index in [9.17, 15) is 4.79 Å². The Balaban J connectivity index is 1.94. The van der Waals surface area contributed by atoms with Crippen LogP contribution in [0.25, 0.3) is 0 Å². The van der Waals surface area contributed by atoms with Gasteiger partial charge in [0.25, 0.3) is 0 Å². The molecule has 0 atom stereocenters. The first-order valence-electron chi connectivity index (χ1n) is 10.5. The highest BCUT2D eigenvalue weighted by molar-refractivity contribution is 8.13. The van der Waals surface area contributed by atoms with Gasteiger partial charge in [-0.3, -0.25) is 4.79 Å². The van der Waals surface area contributed by atoms with Crippen LogP contribution in [0.2, 0.25) is 0 Å². The Morgan fingerprint density at radius 1 is 0.484 bits per heavy atom. The first-order valence-corrected chi connectivity index (χ1v) is 14.4. The predicted molar refractivity (Wildman–Crippen MR) is 140 cm³/mol. The van der Waals surface area contributed by atoms with Crippen molar-refractivity contribution in [2.45, 2.75) is 0 Å². The Kier molecular flexibility index (Phi) is 5.41. The molecule has 0 N–H and O–H groups in total. The van der Waals surface area contributed by atoms with E-state index in [0.29, 0.717) is 6.16 Å². The molecular weight excluding hydrogens is 414 g/mol. The van der Waals surface area contributed by atoms with Gasteiger partial charge in [-0.1, -0.05) is 121 Å². The van der Waals surface area contributed by atoms with Gasteiger partial charge in [0.15, 0.2) is 5.78 Å². The van der Waals surface area contributed by atoms with Crippen molar-refractivity contribution in [2.75, 3.05) is 6.16 Å². The van der Waals surface area contributed by atoms with Crippen LogP contribution in [0.3, 0.4) is 0 Å². The highest BCUT2D eigenvalue weighted by Gasteiger charge is 2.35. The minimum atomic E-state index is -2.15.